The lowest BCUT2D eigenvalue weighted by molar-refractivity contribution is -0.119. The minimum absolute atomic E-state index is 0.362. The maximum atomic E-state index is 14.0. The molecule has 16 nitrogen and oxygen atoms in total. The largest absolute Gasteiger partial charge is 0.481 e. The molecule has 0 radical (unpaired) electrons. The van der Waals surface area contributed by atoms with Gasteiger partial charge < -0.3 is 40.2 Å². The molecule has 0 atom stereocenters. The van der Waals surface area contributed by atoms with E-state index in [1.807, 2.05) is 0 Å². The molecule has 8 bridgehead atoms. The number of fused-ring (bicyclic) bond motifs is 8. The first-order chi connectivity index (χ1) is 41.7. The van der Waals surface area contributed by atoms with Crippen LogP contribution in [0.4, 0.5) is 23.3 Å². The molecule has 9 rings (SSSR count). The van der Waals surface area contributed by atoms with Gasteiger partial charge in [-0.3, -0.25) is 19.2 Å². The number of rotatable bonds is 16. The van der Waals surface area contributed by atoms with Gasteiger partial charge in [0.1, 0.15) is 46.3 Å². The summed E-state index contributed by atoms with van der Waals surface area (Å²) in [7, 11) is 0. The molecule has 0 saturated heterocycles. The Bertz CT molecular complexity index is 3240. The molecule has 0 spiro atoms. The van der Waals surface area contributed by atoms with Gasteiger partial charge in [0.05, 0.1) is 39.2 Å². The third kappa shape index (κ3) is 17.2. The Morgan fingerprint density at radius 3 is 0.648 bits per heavy atom. The van der Waals surface area contributed by atoms with Crippen molar-refractivity contribution < 1.29 is 38.1 Å². The first-order valence-corrected chi connectivity index (χ1v) is 31.8. The Balaban J connectivity index is 1.33. The number of carbonyl (C=O) groups excluding carboxylic acids is 4. The van der Waals surface area contributed by atoms with Crippen LogP contribution in [0.2, 0.25) is 0 Å². The first kappa shape index (κ1) is 64.4. The quantitative estimate of drug-likeness (QED) is 0.0710. The molecule has 0 fully saturated rings. The van der Waals surface area contributed by atoms with E-state index < -0.39 is 71.7 Å². The van der Waals surface area contributed by atoms with E-state index in [9.17, 15) is 19.2 Å². The van der Waals surface area contributed by atoms with Crippen molar-refractivity contribution >= 4 is 93.9 Å². The van der Waals surface area contributed by atoms with Crippen LogP contribution in [-0.4, -0.2) is 70.0 Å². The Labute approximate surface area is 531 Å². The van der Waals surface area contributed by atoms with Crippen molar-refractivity contribution in [2.24, 2.45) is 0 Å². The van der Waals surface area contributed by atoms with Gasteiger partial charge in [0.2, 0.25) is 0 Å². The summed E-state index contributed by atoms with van der Waals surface area (Å²) in [6.45, 7) is 24.0. The fourth-order valence-electron chi connectivity index (χ4n) is 8.70. The summed E-state index contributed by atoms with van der Waals surface area (Å²) in [4.78, 5) is 78.6. The first-order valence-electron chi connectivity index (χ1n) is 28.5. The number of hydrogen-bond acceptors (Lipinski definition) is 16. The SMILES string of the molecule is CC(C)(C)c1cc2c(OCC(=O)Nc3ccccn3)c(c1)Sc1cc(C(C)(C)C)cc(c1OCC(=O)Nc1ccccn1)Sc1cc(C(C)(C)C)cc(c1OCC(=O)Nc1ccccn1)Sc1cc(C(C)(C)C)cc(c1OCC(=O)Nc1ccccn1)S2. The number of amides is 4. The molecule has 1 aliphatic rings. The van der Waals surface area contributed by atoms with Crippen molar-refractivity contribution in [3.63, 3.8) is 0 Å². The molecule has 4 aromatic carbocycles. The van der Waals surface area contributed by atoms with E-state index >= 15 is 0 Å². The van der Waals surface area contributed by atoms with E-state index in [1.165, 1.54) is 47.0 Å². The highest BCUT2D eigenvalue weighted by Gasteiger charge is 2.32. The summed E-state index contributed by atoms with van der Waals surface area (Å²) < 4.78 is 27.5. The standard InChI is InChI=1S/C68H72N8O8S4/c1-65(2,3)41-29-45-61(81-37-57(77)73-53-21-13-17-25-69-53)46(30-41)86-48-32-43(67(7,8)9)34-50(63(48)83-39-59(79)75-55-23-15-19-27-71-55)88-52-36-44(68(10,11)12)35-51(64(52)84-40-60(80)76-56-24-16-20-28-72-56)87-49-33-42(66(4,5)6)31-47(85-45)62(49)82-38-58(78)74-54-22-14-18-26-70-54/h13-36H,37-40H2,1-12H3,(H,69,73,77)(H,70,74,78)(H,71,75,79)(H,72,76,80). The number of pyridine rings is 4. The number of nitrogens with zero attached hydrogens (tertiary/aromatic N) is 4. The maximum absolute atomic E-state index is 14.0. The van der Waals surface area contributed by atoms with Crippen LogP contribution in [0.1, 0.15) is 105 Å². The summed E-state index contributed by atoms with van der Waals surface area (Å²) in [5.74, 6) is 1.22. The molecule has 4 N–H and O–H groups in total. The number of benzene rings is 4. The molecule has 0 saturated carbocycles. The van der Waals surface area contributed by atoms with Gasteiger partial charge in [-0.1, -0.05) is 154 Å². The summed E-state index contributed by atoms with van der Waals surface area (Å²) in [5.41, 5.74) is 2.03. The van der Waals surface area contributed by atoms with Crippen molar-refractivity contribution in [2.75, 3.05) is 47.7 Å². The summed E-state index contributed by atoms with van der Waals surface area (Å²) in [6.07, 6.45) is 6.40. The number of hydrogen-bond donors (Lipinski definition) is 4. The van der Waals surface area contributed by atoms with Crippen LogP contribution in [0, 0.1) is 0 Å². The lowest BCUT2D eigenvalue weighted by atomic mass is 9.87. The van der Waals surface area contributed by atoms with E-state index in [4.69, 9.17) is 18.9 Å². The number of anilines is 4. The van der Waals surface area contributed by atoms with E-state index in [1.54, 1.807) is 97.6 Å². The zero-order valence-corrected chi connectivity index (χ0v) is 54.6. The average Bonchev–Trinajstić information content (AvgIpc) is 1.07. The van der Waals surface area contributed by atoms with E-state index in [0.717, 1.165) is 22.3 Å². The fraction of sp³-hybridized carbons (Fsp3) is 0.294. The van der Waals surface area contributed by atoms with Gasteiger partial charge in [-0.2, -0.15) is 0 Å². The third-order valence-electron chi connectivity index (χ3n) is 13.5. The van der Waals surface area contributed by atoms with Gasteiger partial charge in [-0.25, -0.2) is 19.9 Å². The Hall–Kier alpha value is -8.04. The second-order valence-electron chi connectivity index (χ2n) is 24.8. The van der Waals surface area contributed by atoms with Gasteiger partial charge in [-0.05, 0) is 141 Å². The Morgan fingerprint density at radius 2 is 0.500 bits per heavy atom. The maximum Gasteiger partial charge on any atom is 0.263 e. The highest BCUT2D eigenvalue weighted by molar-refractivity contribution is 8.01. The normalized spacial score (nSPS) is 12.5. The zero-order valence-electron chi connectivity index (χ0n) is 51.4. The number of aromatic nitrogens is 4. The number of carbonyl (C=O) groups is 4. The molecule has 8 aromatic rings. The molecule has 0 unspecified atom stereocenters. The van der Waals surface area contributed by atoms with Crippen LogP contribution >= 0.6 is 47.0 Å². The van der Waals surface area contributed by atoms with Crippen LogP contribution < -0.4 is 40.2 Å². The molecule has 456 valence electrons. The summed E-state index contributed by atoms with van der Waals surface area (Å²) in [6, 6.07) is 37.6. The highest BCUT2D eigenvalue weighted by atomic mass is 32.2. The summed E-state index contributed by atoms with van der Waals surface area (Å²) in [5, 5.41) is 11.5. The van der Waals surface area contributed by atoms with Crippen molar-refractivity contribution in [2.45, 2.75) is 144 Å². The van der Waals surface area contributed by atoms with Crippen LogP contribution in [0.15, 0.2) is 185 Å². The van der Waals surface area contributed by atoms with Crippen LogP contribution in [0.3, 0.4) is 0 Å². The predicted octanol–water partition coefficient (Wildman–Crippen LogP) is 15.4. The zero-order chi connectivity index (χ0) is 63.0. The number of nitrogens with one attached hydrogen (secondary N) is 4. The van der Waals surface area contributed by atoms with Crippen molar-refractivity contribution in [1.29, 1.82) is 0 Å². The third-order valence-corrected chi connectivity index (χ3v) is 17.7. The Kier molecular flexibility index (Phi) is 20.2. The monoisotopic (exact) mass is 1260 g/mol. The smallest absolute Gasteiger partial charge is 0.263 e. The molecule has 5 heterocycles. The lowest BCUT2D eigenvalue weighted by Crippen LogP contribution is -2.22. The molecule has 0 aliphatic carbocycles. The number of ether oxygens (including phenoxy) is 4. The van der Waals surface area contributed by atoms with Crippen molar-refractivity contribution in [3.8, 4) is 23.0 Å². The molecule has 4 aromatic heterocycles. The van der Waals surface area contributed by atoms with Crippen molar-refractivity contribution in [1.82, 2.24) is 19.9 Å². The predicted molar refractivity (Wildman–Crippen MR) is 351 cm³/mol. The van der Waals surface area contributed by atoms with Gasteiger partial charge in [0.15, 0.2) is 26.4 Å². The van der Waals surface area contributed by atoms with Crippen LogP contribution in [0.5, 0.6) is 23.0 Å². The second kappa shape index (κ2) is 27.6. The van der Waals surface area contributed by atoms with Gasteiger partial charge in [-0.15, -0.1) is 0 Å². The molecule has 1 aliphatic heterocycles. The fourth-order valence-corrected chi connectivity index (χ4v) is 13.5. The highest BCUT2D eigenvalue weighted by Crippen LogP contribution is 2.56. The second-order valence-corrected chi connectivity index (χ2v) is 29.2. The van der Waals surface area contributed by atoms with Crippen LogP contribution in [0.25, 0.3) is 0 Å². The average molecular weight is 1260 g/mol. The minimum atomic E-state index is -0.441. The van der Waals surface area contributed by atoms with Crippen molar-refractivity contribution in [3.05, 3.63) is 168 Å². The van der Waals surface area contributed by atoms with E-state index in [2.05, 4.69) is 173 Å². The molecular weight excluding hydrogens is 1190 g/mol. The molecule has 20 heteroatoms. The molecular formula is C68H72N8O8S4. The van der Waals surface area contributed by atoms with Gasteiger partial charge >= 0.3 is 0 Å². The van der Waals surface area contributed by atoms with Gasteiger partial charge in [0, 0.05) is 24.8 Å². The lowest BCUT2D eigenvalue weighted by Gasteiger charge is -2.28. The van der Waals surface area contributed by atoms with E-state index in [-0.39, 0.29) is 0 Å². The minimum Gasteiger partial charge on any atom is -0.481 e. The topological polar surface area (TPSA) is 205 Å². The van der Waals surface area contributed by atoms with Crippen LogP contribution in [-0.2, 0) is 40.8 Å². The van der Waals surface area contributed by atoms with Gasteiger partial charge in [0.25, 0.3) is 23.6 Å². The molecule has 4 amide bonds. The van der Waals surface area contributed by atoms with E-state index in [0.29, 0.717) is 85.4 Å². The molecule has 88 heavy (non-hydrogen) atoms. The Morgan fingerprint density at radius 1 is 0.318 bits per heavy atom. The summed E-state index contributed by atoms with van der Waals surface area (Å²) >= 11 is 5.52.